The summed E-state index contributed by atoms with van der Waals surface area (Å²) in [4.78, 5) is 17.0. The second-order valence-electron chi connectivity index (χ2n) is 7.40. The van der Waals surface area contributed by atoms with Crippen molar-refractivity contribution in [1.82, 2.24) is 15.1 Å². The second kappa shape index (κ2) is 7.21. The lowest BCUT2D eigenvalue weighted by Gasteiger charge is -2.49. The number of aromatic amines is 1. The van der Waals surface area contributed by atoms with Crippen LogP contribution in [0.4, 0.5) is 5.69 Å². The molecule has 2 aromatic rings. The first kappa shape index (κ1) is 17.2. The Labute approximate surface area is 154 Å². The molecule has 4 rings (SSSR count). The van der Waals surface area contributed by atoms with Crippen molar-refractivity contribution in [3.05, 3.63) is 48.3 Å². The Hall–Kier alpha value is -2.18. The number of H-pyrrole nitrogens is 1. The van der Waals surface area contributed by atoms with E-state index in [1.165, 1.54) is 5.56 Å². The van der Waals surface area contributed by atoms with Crippen molar-refractivity contribution < 1.29 is 9.53 Å². The Morgan fingerprint density at radius 1 is 1.27 bits per heavy atom. The lowest BCUT2D eigenvalue weighted by molar-refractivity contribution is -0.161. The largest absolute Gasteiger partial charge is 0.360 e. The average Bonchev–Trinajstić information content (AvgIpc) is 3.19. The lowest BCUT2D eigenvalue weighted by Crippen LogP contribution is -2.61. The number of piperidine rings is 1. The molecule has 138 valence electrons. The molecule has 0 bridgehead atoms. The van der Waals surface area contributed by atoms with Crippen LogP contribution in [-0.2, 0) is 16.0 Å². The summed E-state index contributed by atoms with van der Waals surface area (Å²) in [6.45, 7) is 5.56. The first-order chi connectivity index (χ1) is 12.7. The number of carbonyl (C=O) groups is 1. The highest BCUT2D eigenvalue weighted by Crippen LogP contribution is 2.34. The summed E-state index contributed by atoms with van der Waals surface area (Å²) < 4.78 is 6.24. The molecule has 1 unspecified atom stereocenters. The van der Waals surface area contributed by atoms with Crippen molar-refractivity contribution in [3.63, 3.8) is 0 Å². The molecule has 2 saturated heterocycles. The quantitative estimate of drug-likeness (QED) is 0.915. The molecule has 26 heavy (non-hydrogen) atoms. The molecule has 2 aliphatic rings. The van der Waals surface area contributed by atoms with Crippen molar-refractivity contribution in [2.75, 3.05) is 31.1 Å². The SMILES string of the molecule is CC1OC2(CCN(CCc3cn[nH]c3)CC2)CN(c2ccccc2)C1=O. The van der Waals surface area contributed by atoms with Gasteiger partial charge in [0.2, 0.25) is 0 Å². The van der Waals surface area contributed by atoms with Gasteiger partial charge in [-0.3, -0.25) is 9.89 Å². The molecule has 1 N–H and O–H groups in total. The number of rotatable bonds is 4. The lowest BCUT2D eigenvalue weighted by atomic mass is 9.88. The van der Waals surface area contributed by atoms with Gasteiger partial charge in [-0.1, -0.05) is 18.2 Å². The molecule has 1 amide bonds. The molecule has 1 aromatic carbocycles. The molecule has 1 spiro atoms. The molecule has 1 aromatic heterocycles. The summed E-state index contributed by atoms with van der Waals surface area (Å²) >= 11 is 0. The van der Waals surface area contributed by atoms with E-state index in [9.17, 15) is 4.79 Å². The second-order valence-corrected chi connectivity index (χ2v) is 7.40. The highest BCUT2D eigenvalue weighted by atomic mass is 16.5. The summed E-state index contributed by atoms with van der Waals surface area (Å²) in [5.41, 5.74) is 1.98. The molecular weight excluding hydrogens is 328 g/mol. The summed E-state index contributed by atoms with van der Waals surface area (Å²) in [7, 11) is 0. The van der Waals surface area contributed by atoms with Gasteiger partial charge in [-0.2, -0.15) is 5.10 Å². The van der Waals surface area contributed by atoms with Crippen molar-refractivity contribution in [3.8, 4) is 0 Å². The van der Waals surface area contributed by atoms with Crippen LogP contribution in [-0.4, -0.2) is 58.9 Å². The predicted molar refractivity (Wildman–Crippen MR) is 100 cm³/mol. The molecule has 3 heterocycles. The van der Waals surface area contributed by atoms with Crippen LogP contribution in [0.2, 0.25) is 0 Å². The molecule has 0 radical (unpaired) electrons. The summed E-state index contributed by atoms with van der Waals surface area (Å²) in [5.74, 6) is 0.0595. The number of anilines is 1. The van der Waals surface area contributed by atoms with Gasteiger partial charge >= 0.3 is 0 Å². The van der Waals surface area contributed by atoms with Crippen molar-refractivity contribution in [1.29, 1.82) is 0 Å². The monoisotopic (exact) mass is 354 g/mol. The fourth-order valence-corrected chi connectivity index (χ4v) is 4.04. The normalized spacial score (nSPS) is 23.5. The number of benzene rings is 1. The number of amides is 1. The number of hydrogen-bond acceptors (Lipinski definition) is 4. The van der Waals surface area contributed by atoms with Crippen LogP contribution in [0.3, 0.4) is 0 Å². The van der Waals surface area contributed by atoms with E-state index in [4.69, 9.17) is 4.74 Å². The first-order valence-corrected chi connectivity index (χ1v) is 9.39. The minimum Gasteiger partial charge on any atom is -0.360 e. The highest BCUT2D eigenvalue weighted by Gasteiger charge is 2.45. The molecule has 0 aliphatic carbocycles. The third-order valence-corrected chi connectivity index (χ3v) is 5.59. The van der Waals surface area contributed by atoms with Gasteiger partial charge in [-0.05, 0) is 43.9 Å². The minimum absolute atomic E-state index is 0.0595. The number of ether oxygens (including phenoxy) is 1. The molecule has 6 nitrogen and oxygen atoms in total. The topological polar surface area (TPSA) is 61.5 Å². The smallest absolute Gasteiger partial charge is 0.255 e. The maximum Gasteiger partial charge on any atom is 0.255 e. The van der Waals surface area contributed by atoms with E-state index in [0.717, 1.165) is 44.6 Å². The third-order valence-electron chi connectivity index (χ3n) is 5.59. The van der Waals surface area contributed by atoms with E-state index in [1.54, 1.807) is 0 Å². The Balaban J connectivity index is 1.40. The fraction of sp³-hybridized carbons (Fsp3) is 0.500. The standard InChI is InChI=1S/C20H26N4O2/c1-16-19(25)24(18-5-3-2-4-6-18)15-20(26-16)8-11-23(12-9-20)10-7-17-13-21-22-14-17/h2-6,13-14,16H,7-12,15H2,1H3,(H,21,22). The maximum absolute atomic E-state index is 12.6. The Morgan fingerprint density at radius 3 is 2.73 bits per heavy atom. The van der Waals surface area contributed by atoms with Gasteiger partial charge in [0.25, 0.3) is 5.91 Å². The number of hydrogen-bond donors (Lipinski definition) is 1. The van der Waals surface area contributed by atoms with Crippen molar-refractivity contribution >= 4 is 11.6 Å². The number of nitrogens with one attached hydrogen (secondary N) is 1. The van der Waals surface area contributed by atoms with Gasteiger partial charge in [0.05, 0.1) is 18.3 Å². The van der Waals surface area contributed by atoms with Crippen LogP contribution < -0.4 is 4.90 Å². The zero-order chi connectivity index (χ0) is 18.0. The van der Waals surface area contributed by atoms with E-state index in [2.05, 4.69) is 15.1 Å². The van der Waals surface area contributed by atoms with Crippen LogP contribution in [0.25, 0.3) is 0 Å². The predicted octanol–water partition coefficient (Wildman–Crippen LogP) is 2.24. The number of para-hydroxylation sites is 1. The minimum atomic E-state index is -0.388. The van der Waals surface area contributed by atoms with Gasteiger partial charge in [-0.15, -0.1) is 0 Å². The highest BCUT2D eigenvalue weighted by molar-refractivity contribution is 5.97. The van der Waals surface area contributed by atoms with Crippen LogP contribution in [0.5, 0.6) is 0 Å². The number of nitrogens with zero attached hydrogens (tertiary/aromatic N) is 3. The van der Waals surface area contributed by atoms with Gasteiger partial charge in [0.1, 0.15) is 6.10 Å². The molecular formula is C20H26N4O2. The molecule has 1 atom stereocenters. The number of aromatic nitrogens is 2. The summed E-state index contributed by atoms with van der Waals surface area (Å²) in [6.07, 6.45) is 6.39. The summed E-state index contributed by atoms with van der Waals surface area (Å²) in [5, 5.41) is 6.87. The van der Waals surface area contributed by atoms with E-state index in [1.807, 2.05) is 54.5 Å². The number of morpholine rings is 1. The van der Waals surface area contributed by atoms with Crippen molar-refractivity contribution in [2.24, 2.45) is 0 Å². The van der Waals surface area contributed by atoms with Gasteiger partial charge in [-0.25, -0.2) is 0 Å². The Kier molecular flexibility index (Phi) is 4.78. The Morgan fingerprint density at radius 2 is 2.04 bits per heavy atom. The van der Waals surface area contributed by atoms with E-state index < -0.39 is 0 Å². The van der Waals surface area contributed by atoms with E-state index in [0.29, 0.717) is 6.54 Å². The number of likely N-dealkylation sites (tertiary alicyclic amines) is 1. The fourth-order valence-electron chi connectivity index (χ4n) is 4.04. The zero-order valence-corrected chi connectivity index (χ0v) is 15.2. The van der Waals surface area contributed by atoms with Crippen molar-refractivity contribution in [2.45, 2.75) is 37.9 Å². The van der Waals surface area contributed by atoms with Crippen LogP contribution in [0.15, 0.2) is 42.7 Å². The summed E-state index contributed by atoms with van der Waals surface area (Å²) in [6, 6.07) is 9.95. The Bertz CT molecular complexity index is 724. The average molecular weight is 354 g/mol. The maximum atomic E-state index is 12.6. The van der Waals surface area contributed by atoms with E-state index in [-0.39, 0.29) is 17.6 Å². The molecule has 0 saturated carbocycles. The van der Waals surface area contributed by atoms with Gasteiger partial charge in [0, 0.05) is 31.5 Å². The van der Waals surface area contributed by atoms with Gasteiger partial charge < -0.3 is 14.5 Å². The molecule has 6 heteroatoms. The molecule has 2 aliphatic heterocycles. The first-order valence-electron chi connectivity index (χ1n) is 9.39. The zero-order valence-electron chi connectivity index (χ0n) is 15.2. The third kappa shape index (κ3) is 3.52. The van der Waals surface area contributed by atoms with Crippen LogP contribution >= 0.6 is 0 Å². The van der Waals surface area contributed by atoms with Crippen LogP contribution in [0, 0.1) is 0 Å². The van der Waals surface area contributed by atoms with Crippen LogP contribution in [0.1, 0.15) is 25.3 Å². The number of carbonyl (C=O) groups excluding carboxylic acids is 1. The van der Waals surface area contributed by atoms with Gasteiger partial charge in [0.15, 0.2) is 0 Å². The van der Waals surface area contributed by atoms with E-state index >= 15 is 0 Å². The molecule has 2 fully saturated rings.